The predicted octanol–water partition coefficient (Wildman–Crippen LogP) is 1.54. The van der Waals surface area contributed by atoms with Crippen LogP contribution in [0.3, 0.4) is 0 Å². The number of ether oxygens (including phenoxy) is 4. The zero-order valence-electron chi connectivity index (χ0n) is 14.0. The molecule has 1 atom stereocenters. The number of anilines is 1. The Hall–Kier alpha value is -2.98. The molecule has 0 heterocycles. The van der Waals surface area contributed by atoms with Crippen LogP contribution in [-0.2, 0) is 23.9 Å². The first-order valence-corrected chi connectivity index (χ1v) is 6.97. The summed E-state index contributed by atoms with van der Waals surface area (Å²) in [7, 11) is 3.56. The van der Waals surface area contributed by atoms with Gasteiger partial charge in [0.25, 0.3) is 0 Å². The maximum atomic E-state index is 12.2. The Balaban J connectivity index is 3.00. The molecule has 0 aliphatic rings. The van der Waals surface area contributed by atoms with E-state index in [-0.39, 0.29) is 11.4 Å². The van der Waals surface area contributed by atoms with E-state index in [0.717, 1.165) is 7.11 Å². The van der Waals surface area contributed by atoms with Crippen LogP contribution in [0.2, 0.25) is 0 Å². The SMILES string of the molecule is COC(=O)C(C(=O)Nc1ccc(OC)cc1OC)C(=O)OCC(F)(F)F. The monoisotopic (exact) mass is 379 g/mol. The Bertz CT molecular complexity index is 676. The number of hydrogen-bond acceptors (Lipinski definition) is 7. The molecule has 1 aromatic carbocycles. The van der Waals surface area contributed by atoms with Gasteiger partial charge in [0.2, 0.25) is 11.8 Å². The maximum Gasteiger partial charge on any atom is 0.422 e. The molecule has 26 heavy (non-hydrogen) atoms. The normalized spacial score (nSPS) is 11.9. The molecule has 8 nitrogen and oxygen atoms in total. The molecule has 0 radical (unpaired) electrons. The standard InChI is InChI=1S/C15H16F3NO7/c1-23-8-4-5-9(10(6-8)24-2)19-12(20)11(13(21)25-3)14(22)26-7-15(16,17)18/h4-6,11H,7H2,1-3H3,(H,19,20). The van der Waals surface area contributed by atoms with Crippen molar-refractivity contribution in [3.8, 4) is 11.5 Å². The van der Waals surface area contributed by atoms with Gasteiger partial charge in [0.15, 0.2) is 6.61 Å². The number of alkyl halides is 3. The van der Waals surface area contributed by atoms with Gasteiger partial charge in [-0.15, -0.1) is 0 Å². The van der Waals surface area contributed by atoms with Crippen LogP contribution in [0.25, 0.3) is 0 Å². The zero-order valence-corrected chi connectivity index (χ0v) is 14.0. The van der Waals surface area contributed by atoms with Crippen molar-refractivity contribution in [1.82, 2.24) is 0 Å². The fourth-order valence-corrected chi connectivity index (χ4v) is 1.77. The largest absolute Gasteiger partial charge is 0.497 e. The van der Waals surface area contributed by atoms with Crippen LogP contribution in [0.1, 0.15) is 0 Å². The van der Waals surface area contributed by atoms with E-state index in [1.165, 1.54) is 32.4 Å². The molecule has 1 aromatic rings. The number of methoxy groups -OCH3 is 3. The third-order valence-electron chi connectivity index (χ3n) is 2.98. The van der Waals surface area contributed by atoms with Crippen LogP contribution >= 0.6 is 0 Å². The molecule has 1 N–H and O–H groups in total. The van der Waals surface area contributed by atoms with Gasteiger partial charge in [-0.05, 0) is 12.1 Å². The number of rotatable bonds is 7. The Kier molecular flexibility index (Phi) is 7.23. The average Bonchev–Trinajstić information content (AvgIpc) is 2.59. The van der Waals surface area contributed by atoms with Gasteiger partial charge in [0, 0.05) is 6.07 Å². The lowest BCUT2D eigenvalue weighted by Crippen LogP contribution is -2.39. The molecule has 11 heteroatoms. The van der Waals surface area contributed by atoms with Crippen molar-refractivity contribution in [2.45, 2.75) is 6.18 Å². The topological polar surface area (TPSA) is 100 Å². The maximum absolute atomic E-state index is 12.2. The number of nitrogens with one attached hydrogen (secondary N) is 1. The highest BCUT2D eigenvalue weighted by Crippen LogP contribution is 2.29. The van der Waals surface area contributed by atoms with Gasteiger partial charge in [-0.1, -0.05) is 0 Å². The van der Waals surface area contributed by atoms with Crippen LogP contribution in [0, 0.1) is 5.92 Å². The van der Waals surface area contributed by atoms with Crippen LogP contribution in [0.4, 0.5) is 18.9 Å². The molecule has 0 aliphatic heterocycles. The first kappa shape index (κ1) is 21.1. The first-order chi connectivity index (χ1) is 12.1. The van der Waals surface area contributed by atoms with E-state index in [4.69, 9.17) is 9.47 Å². The van der Waals surface area contributed by atoms with Crippen LogP contribution < -0.4 is 14.8 Å². The summed E-state index contributed by atoms with van der Waals surface area (Å²) in [6, 6.07) is 4.21. The number of halogens is 3. The van der Waals surface area contributed by atoms with Crippen molar-refractivity contribution < 1.29 is 46.5 Å². The fourth-order valence-electron chi connectivity index (χ4n) is 1.77. The zero-order chi connectivity index (χ0) is 19.9. The summed E-state index contributed by atoms with van der Waals surface area (Å²) in [5, 5.41) is 2.20. The number of benzene rings is 1. The molecule has 0 bridgehead atoms. The number of esters is 2. The van der Waals surface area contributed by atoms with Crippen molar-refractivity contribution in [3.63, 3.8) is 0 Å². The Morgan fingerprint density at radius 2 is 1.73 bits per heavy atom. The smallest absolute Gasteiger partial charge is 0.422 e. The van der Waals surface area contributed by atoms with Gasteiger partial charge in [0.1, 0.15) is 11.5 Å². The molecule has 144 valence electrons. The van der Waals surface area contributed by atoms with E-state index >= 15 is 0 Å². The summed E-state index contributed by atoms with van der Waals surface area (Å²) in [5.41, 5.74) is 0.0517. The molecule has 1 unspecified atom stereocenters. The minimum atomic E-state index is -4.81. The predicted molar refractivity (Wildman–Crippen MR) is 80.7 cm³/mol. The third kappa shape index (κ3) is 5.83. The first-order valence-electron chi connectivity index (χ1n) is 6.97. The van der Waals surface area contributed by atoms with Crippen LogP contribution in [0.15, 0.2) is 18.2 Å². The van der Waals surface area contributed by atoms with Crippen molar-refractivity contribution in [1.29, 1.82) is 0 Å². The summed E-state index contributed by atoms with van der Waals surface area (Å²) in [6.45, 7) is -1.95. The average molecular weight is 379 g/mol. The van der Waals surface area contributed by atoms with E-state index < -0.39 is 36.5 Å². The molecule has 0 aliphatic carbocycles. The van der Waals surface area contributed by atoms with E-state index in [1.54, 1.807) is 0 Å². The molecule has 0 spiro atoms. The van der Waals surface area contributed by atoms with Crippen LogP contribution in [-0.4, -0.2) is 52.0 Å². The summed E-state index contributed by atoms with van der Waals surface area (Å²) < 4.78 is 54.7. The van der Waals surface area contributed by atoms with Crippen molar-refractivity contribution in [2.75, 3.05) is 33.3 Å². The number of hydrogen-bond donors (Lipinski definition) is 1. The minimum Gasteiger partial charge on any atom is -0.497 e. The fraction of sp³-hybridized carbons (Fsp3) is 0.400. The lowest BCUT2D eigenvalue weighted by molar-refractivity contribution is -0.191. The molecule has 1 rings (SSSR count). The molecule has 0 saturated heterocycles. The molecular weight excluding hydrogens is 363 g/mol. The van der Waals surface area contributed by atoms with E-state index in [2.05, 4.69) is 14.8 Å². The minimum absolute atomic E-state index is 0.0517. The Morgan fingerprint density at radius 1 is 1.08 bits per heavy atom. The van der Waals surface area contributed by atoms with Crippen molar-refractivity contribution in [2.24, 2.45) is 5.92 Å². The van der Waals surface area contributed by atoms with Gasteiger partial charge in [-0.25, -0.2) is 0 Å². The number of carbonyl (C=O) groups is 3. The molecule has 0 fully saturated rings. The summed E-state index contributed by atoms with van der Waals surface area (Å²) in [4.78, 5) is 35.6. The van der Waals surface area contributed by atoms with Crippen LogP contribution in [0.5, 0.6) is 11.5 Å². The molecule has 0 saturated carbocycles. The van der Waals surface area contributed by atoms with E-state index in [0.29, 0.717) is 5.75 Å². The molecule has 1 amide bonds. The van der Waals surface area contributed by atoms with Gasteiger partial charge < -0.3 is 24.3 Å². The molecular formula is C15H16F3NO7. The number of amides is 1. The lowest BCUT2D eigenvalue weighted by Gasteiger charge is -2.16. The second-order valence-electron chi connectivity index (χ2n) is 4.73. The second-order valence-corrected chi connectivity index (χ2v) is 4.73. The van der Waals surface area contributed by atoms with Gasteiger partial charge in [0.05, 0.1) is 27.0 Å². The van der Waals surface area contributed by atoms with Gasteiger partial charge >= 0.3 is 18.1 Å². The number of carbonyl (C=O) groups excluding carboxylic acids is 3. The van der Waals surface area contributed by atoms with Crippen molar-refractivity contribution >= 4 is 23.5 Å². The summed E-state index contributed by atoms with van der Waals surface area (Å²) in [6.07, 6.45) is -4.81. The summed E-state index contributed by atoms with van der Waals surface area (Å²) >= 11 is 0. The quantitative estimate of drug-likeness (QED) is 0.567. The highest BCUT2D eigenvalue weighted by atomic mass is 19.4. The van der Waals surface area contributed by atoms with E-state index in [1.807, 2.05) is 0 Å². The highest BCUT2D eigenvalue weighted by molar-refractivity contribution is 6.18. The second kappa shape index (κ2) is 8.92. The highest BCUT2D eigenvalue weighted by Gasteiger charge is 2.39. The third-order valence-corrected chi connectivity index (χ3v) is 2.98. The van der Waals surface area contributed by atoms with E-state index in [9.17, 15) is 27.6 Å². The van der Waals surface area contributed by atoms with Gasteiger partial charge in [-0.2, -0.15) is 13.2 Å². The van der Waals surface area contributed by atoms with Crippen molar-refractivity contribution in [3.05, 3.63) is 18.2 Å². The molecule has 0 aromatic heterocycles. The lowest BCUT2D eigenvalue weighted by atomic mass is 10.1. The summed E-state index contributed by atoms with van der Waals surface area (Å²) in [5.74, 6) is -6.03. The Morgan fingerprint density at radius 3 is 2.23 bits per heavy atom. The van der Waals surface area contributed by atoms with Gasteiger partial charge in [-0.3, -0.25) is 14.4 Å². The Labute approximate surface area is 146 Å².